The van der Waals surface area contributed by atoms with E-state index in [0.29, 0.717) is 11.8 Å². The van der Waals surface area contributed by atoms with Gasteiger partial charge in [0.05, 0.1) is 10.5 Å². The Morgan fingerprint density at radius 1 is 1.32 bits per heavy atom. The van der Waals surface area contributed by atoms with Crippen LogP contribution in [0.3, 0.4) is 0 Å². The van der Waals surface area contributed by atoms with Gasteiger partial charge in [-0.3, -0.25) is 0 Å². The van der Waals surface area contributed by atoms with Gasteiger partial charge >= 0.3 is 0 Å². The van der Waals surface area contributed by atoms with Crippen molar-refractivity contribution in [2.24, 2.45) is 0 Å². The van der Waals surface area contributed by atoms with E-state index in [1.807, 2.05) is 25.1 Å². The van der Waals surface area contributed by atoms with Crippen molar-refractivity contribution >= 4 is 30.7 Å². The van der Waals surface area contributed by atoms with Crippen LogP contribution < -0.4 is 0 Å². The molecule has 0 bridgehead atoms. The summed E-state index contributed by atoms with van der Waals surface area (Å²) >= 11 is 6.15. The molecule has 2 aromatic rings. The lowest BCUT2D eigenvalue weighted by atomic mass is 10.3. The molecule has 3 nitrogen and oxygen atoms in total. The molecular formula is C14H21ClN2OSi. The van der Waals surface area contributed by atoms with Gasteiger partial charge in [0.1, 0.15) is 18.1 Å². The normalized spacial score (nSPS) is 12.3. The number of ether oxygens (including phenoxy) is 1. The Morgan fingerprint density at radius 2 is 2.05 bits per heavy atom. The molecule has 104 valence electrons. The first-order chi connectivity index (χ1) is 8.88. The molecule has 19 heavy (non-hydrogen) atoms. The maximum absolute atomic E-state index is 6.15. The van der Waals surface area contributed by atoms with Crippen LogP contribution >= 0.6 is 11.6 Å². The number of imidazole rings is 1. The molecule has 2 rings (SSSR count). The molecule has 1 heterocycles. The van der Waals surface area contributed by atoms with E-state index in [4.69, 9.17) is 16.3 Å². The highest BCUT2D eigenvalue weighted by atomic mass is 35.5. The Labute approximate surface area is 120 Å². The Balaban J connectivity index is 2.09. The van der Waals surface area contributed by atoms with Crippen molar-refractivity contribution in [3.8, 4) is 0 Å². The van der Waals surface area contributed by atoms with Crippen molar-refractivity contribution in [1.82, 2.24) is 9.55 Å². The molecular weight excluding hydrogens is 276 g/mol. The maximum atomic E-state index is 6.15. The van der Waals surface area contributed by atoms with Gasteiger partial charge in [0.25, 0.3) is 0 Å². The Bertz CT molecular complexity index is 575. The maximum Gasteiger partial charge on any atom is 0.124 e. The average molecular weight is 297 g/mol. The van der Waals surface area contributed by atoms with E-state index in [9.17, 15) is 0 Å². The van der Waals surface area contributed by atoms with Crippen LogP contribution in [-0.4, -0.2) is 24.2 Å². The van der Waals surface area contributed by atoms with Gasteiger partial charge in [-0.1, -0.05) is 37.3 Å². The van der Waals surface area contributed by atoms with Gasteiger partial charge in [0, 0.05) is 14.7 Å². The monoisotopic (exact) mass is 296 g/mol. The predicted octanol–water partition coefficient (Wildman–Crippen LogP) is 4.31. The molecule has 0 unspecified atom stereocenters. The number of benzene rings is 1. The quantitative estimate of drug-likeness (QED) is 0.607. The molecule has 0 amide bonds. The van der Waals surface area contributed by atoms with Gasteiger partial charge in [-0.15, -0.1) is 0 Å². The number of aryl methyl sites for hydroxylation is 1. The smallest absolute Gasteiger partial charge is 0.124 e. The molecule has 0 atom stereocenters. The summed E-state index contributed by atoms with van der Waals surface area (Å²) in [4.78, 5) is 4.50. The first kappa shape index (κ1) is 14.6. The minimum Gasteiger partial charge on any atom is -0.361 e. The Hall–Kier alpha value is -0.843. The van der Waals surface area contributed by atoms with Crippen molar-refractivity contribution < 1.29 is 4.74 Å². The van der Waals surface area contributed by atoms with Crippen molar-refractivity contribution in [3.63, 3.8) is 0 Å². The highest BCUT2D eigenvalue weighted by Gasteiger charge is 2.13. The number of para-hydroxylation sites is 1. The fraction of sp³-hybridized carbons (Fsp3) is 0.500. The van der Waals surface area contributed by atoms with Gasteiger partial charge in [-0.2, -0.15) is 0 Å². The van der Waals surface area contributed by atoms with Crippen LogP contribution in [0.5, 0.6) is 0 Å². The highest BCUT2D eigenvalue weighted by Crippen LogP contribution is 2.23. The molecule has 0 saturated carbocycles. The lowest BCUT2D eigenvalue weighted by Crippen LogP contribution is -2.22. The summed E-state index contributed by atoms with van der Waals surface area (Å²) in [5.74, 6) is 0.941. The Kier molecular flexibility index (Phi) is 4.33. The minimum absolute atomic E-state index is 0.549. The fourth-order valence-corrected chi connectivity index (χ4v) is 2.89. The zero-order chi connectivity index (χ0) is 14.0. The lowest BCUT2D eigenvalue weighted by Gasteiger charge is -2.16. The second-order valence-corrected chi connectivity index (χ2v) is 12.1. The van der Waals surface area contributed by atoms with E-state index in [2.05, 4.69) is 29.2 Å². The molecule has 1 aromatic heterocycles. The van der Waals surface area contributed by atoms with Crippen LogP contribution in [0, 0.1) is 6.92 Å². The van der Waals surface area contributed by atoms with E-state index in [0.717, 1.165) is 23.5 Å². The largest absolute Gasteiger partial charge is 0.361 e. The van der Waals surface area contributed by atoms with Crippen LogP contribution in [0.1, 0.15) is 5.82 Å². The number of hydrogen-bond donors (Lipinski definition) is 0. The van der Waals surface area contributed by atoms with E-state index >= 15 is 0 Å². The topological polar surface area (TPSA) is 27.1 Å². The van der Waals surface area contributed by atoms with Crippen molar-refractivity contribution in [2.45, 2.75) is 39.3 Å². The van der Waals surface area contributed by atoms with E-state index < -0.39 is 8.07 Å². The zero-order valence-electron chi connectivity index (χ0n) is 12.0. The summed E-state index contributed by atoms with van der Waals surface area (Å²) < 4.78 is 7.87. The minimum atomic E-state index is -1.03. The van der Waals surface area contributed by atoms with Gasteiger partial charge < -0.3 is 9.30 Å². The van der Waals surface area contributed by atoms with Crippen molar-refractivity contribution in [2.75, 3.05) is 6.61 Å². The standard InChI is InChI=1S/C14H21ClN2OSi/c1-11-16-14-12(15)6-5-7-13(14)17(11)10-18-8-9-19(2,3)4/h5-7H,8-10H2,1-4H3. The summed E-state index contributed by atoms with van der Waals surface area (Å²) in [5.41, 5.74) is 1.90. The van der Waals surface area contributed by atoms with E-state index in [1.54, 1.807) is 0 Å². The third-order valence-corrected chi connectivity index (χ3v) is 5.15. The SMILES string of the molecule is Cc1nc2c(Cl)cccc2n1COCC[Si](C)(C)C. The van der Waals surface area contributed by atoms with Crippen LogP contribution in [0.4, 0.5) is 0 Å². The van der Waals surface area contributed by atoms with Crippen LogP contribution in [0.2, 0.25) is 30.7 Å². The number of rotatable bonds is 5. The van der Waals surface area contributed by atoms with Crippen molar-refractivity contribution in [3.05, 3.63) is 29.0 Å². The second kappa shape index (κ2) is 5.65. The number of hydrogen-bond acceptors (Lipinski definition) is 2. The summed E-state index contributed by atoms with van der Waals surface area (Å²) in [7, 11) is -1.03. The number of aromatic nitrogens is 2. The predicted molar refractivity (Wildman–Crippen MR) is 83.6 cm³/mol. The molecule has 0 aliphatic carbocycles. The molecule has 0 spiro atoms. The molecule has 0 aliphatic heterocycles. The summed E-state index contributed by atoms with van der Waals surface area (Å²) in [6.45, 7) is 10.4. The third-order valence-electron chi connectivity index (χ3n) is 3.14. The number of fused-ring (bicyclic) bond motifs is 1. The van der Waals surface area contributed by atoms with E-state index in [1.165, 1.54) is 6.04 Å². The highest BCUT2D eigenvalue weighted by molar-refractivity contribution is 6.76. The van der Waals surface area contributed by atoms with Gasteiger partial charge in [-0.05, 0) is 25.1 Å². The van der Waals surface area contributed by atoms with Crippen LogP contribution in [0.15, 0.2) is 18.2 Å². The molecule has 0 aliphatic rings. The molecule has 0 N–H and O–H groups in total. The lowest BCUT2D eigenvalue weighted by molar-refractivity contribution is 0.0885. The van der Waals surface area contributed by atoms with E-state index in [-0.39, 0.29) is 0 Å². The second-order valence-electron chi connectivity index (χ2n) is 6.04. The summed E-state index contributed by atoms with van der Waals surface area (Å²) in [6, 6.07) is 7.03. The molecule has 0 radical (unpaired) electrons. The third kappa shape index (κ3) is 3.59. The van der Waals surface area contributed by atoms with Crippen molar-refractivity contribution in [1.29, 1.82) is 0 Å². The summed E-state index contributed by atoms with van der Waals surface area (Å²) in [5, 5.41) is 0.696. The van der Waals surface area contributed by atoms with Crippen LogP contribution in [0.25, 0.3) is 11.0 Å². The van der Waals surface area contributed by atoms with Gasteiger partial charge in [-0.25, -0.2) is 4.98 Å². The number of halogens is 1. The molecule has 1 aromatic carbocycles. The Morgan fingerprint density at radius 3 is 2.74 bits per heavy atom. The fourth-order valence-electron chi connectivity index (χ4n) is 1.93. The first-order valence-electron chi connectivity index (χ1n) is 6.57. The molecule has 0 fully saturated rings. The molecule has 0 saturated heterocycles. The van der Waals surface area contributed by atoms with Crippen LogP contribution in [-0.2, 0) is 11.5 Å². The molecule has 5 heteroatoms. The number of nitrogens with zero attached hydrogens (tertiary/aromatic N) is 2. The van der Waals surface area contributed by atoms with Gasteiger partial charge in [0.15, 0.2) is 0 Å². The zero-order valence-corrected chi connectivity index (χ0v) is 13.8. The average Bonchev–Trinajstić information content (AvgIpc) is 2.62. The summed E-state index contributed by atoms with van der Waals surface area (Å²) in [6.07, 6.45) is 0. The van der Waals surface area contributed by atoms with Gasteiger partial charge in [0.2, 0.25) is 0 Å². The first-order valence-corrected chi connectivity index (χ1v) is 10.7.